The molecule has 24 heavy (non-hydrogen) atoms. The Balaban J connectivity index is 1.78. The monoisotopic (exact) mass is 327 g/mol. The van der Waals surface area contributed by atoms with Crippen LogP contribution in [0.2, 0.25) is 0 Å². The van der Waals surface area contributed by atoms with Crippen molar-refractivity contribution in [3.63, 3.8) is 0 Å². The molecule has 2 amide bonds. The maximum atomic E-state index is 11.9. The van der Waals surface area contributed by atoms with Gasteiger partial charge in [0.2, 0.25) is 0 Å². The van der Waals surface area contributed by atoms with E-state index in [-0.39, 0.29) is 18.2 Å². The molecule has 2 aromatic rings. The Morgan fingerprint density at radius 3 is 2.62 bits per heavy atom. The van der Waals surface area contributed by atoms with E-state index in [1.807, 2.05) is 0 Å². The summed E-state index contributed by atoms with van der Waals surface area (Å²) < 4.78 is 5.01. The fourth-order valence-corrected chi connectivity index (χ4v) is 1.83. The van der Waals surface area contributed by atoms with Crippen LogP contribution < -0.4 is 15.5 Å². The number of nitrogens with zero attached hydrogens (tertiary/aromatic N) is 1. The largest absolute Gasteiger partial charge is 0.508 e. The van der Waals surface area contributed by atoms with E-state index in [9.17, 15) is 14.7 Å². The molecule has 0 aliphatic rings. The molecule has 0 saturated heterocycles. The Morgan fingerprint density at radius 1 is 1.21 bits per heavy atom. The van der Waals surface area contributed by atoms with Crippen LogP contribution in [0.5, 0.6) is 11.5 Å². The zero-order valence-corrected chi connectivity index (χ0v) is 13.0. The van der Waals surface area contributed by atoms with Gasteiger partial charge in [-0.3, -0.25) is 9.59 Å². The fourth-order valence-electron chi connectivity index (χ4n) is 1.83. The van der Waals surface area contributed by atoms with Crippen molar-refractivity contribution in [3.05, 3.63) is 59.7 Å². The van der Waals surface area contributed by atoms with Crippen molar-refractivity contribution < 1.29 is 19.4 Å². The third-order valence-corrected chi connectivity index (χ3v) is 3.03. The van der Waals surface area contributed by atoms with Crippen molar-refractivity contribution in [1.82, 2.24) is 10.7 Å². The molecule has 7 heteroatoms. The smallest absolute Gasteiger partial charge is 0.259 e. The second-order valence-corrected chi connectivity index (χ2v) is 4.80. The summed E-state index contributed by atoms with van der Waals surface area (Å²) in [5.41, 5.74) is 3.35. The molecule has 0 saturated carbocycles. The predicted molar refractivity (Wildman–Crippen MR) is 89.2 cm³/mol. The Bertz CT molecular complexity index is 742. The topological polar surface area (TPSA) is 100 Å². The number of benzene rings is 2. The van der Waals surface area contributed by atoms with Gasteiger partial charge >= 0.3 is 0 Å². The highest BCUT2D eigenvalue weighted by Crippen LogP contribution is 2.11. The lowest BCUT2D eigenvalue weighted by atomic mass is 10.2. The van der Waals surface area contributed by atoms with Crippen LogP contribution in [-0.2, 0) is 4.79 Å². The Kier molecular flexibility index (Phi) is 5.90. The van der Waals surface area contributed by atoms with Gasteiger partial charge in [0.15, 0.2) is 0 Å². The lowest BCUT2D eigenvalue weighted by Gasteiger charge is -2.05. The number of rotatable bonds is 6. The van der Waals surface area contributed by atoms with Crippen molar-refractivity contribution in [2.24, 2.45) is 5.10 Å². The van der Waals surface area contributed by atoms with E-state index in [0.29, 0.717) is 16.9 Å². The average Bonchev–Trinajstić information content (AvgIpc) is 2.60. The number of ether oxygens (including phenoxy) is 1. The van der Waals surface area contributed by atoms with Crippen molar-refractivity contribution in [1.29, 1.82) is 0 Å². The zero-order chi connectivity index (χ0) is 17.4. The van der Waals surface area contributed by atoms with E-state index in [2.05, 4.69) is 15.8 Å². The Labute approximate surface area is 139 Å². The lowest BCUT2D eigenvalue weighted by Crippen LogP contribution is -2.34. The van der Waals surface area contributed by atoms with Crippen molar-refractivity contribution >= 4 is 18.0 Å². The number of aromatic hydroxyl groups is 1. The number of carbonyl (C=O) groups is 2. The van der Waals surface area contributed by atoms with Gasteiger partial charge in [-0.05, 0) is 42.0 Å². The molecule has 0 atom stereocenters. The van der Waals surface area contributed by atoms with E-state index >= 15 is 0 Å². The van der Waals surface area contributed by atoms with E-state index in [1.165, 1.54) is 25.5 Å². The summed E-state index contributed by atoms with van der Waals surface area (Å²) >= 11 is 0. The molecule has 0 spiro atoms. The van der Waals surface area contributed by atoms with Gasteiger partial charge < -0.3 is 15.2 Å². The first-order valence-electron chi connectivity index (χ1n) is 7.11. The first kappa shape index (κ1) is 17.0. The van der Waals surface area contributed by atoms with E-state index in [1.54, 1.807) is 36.4 Å². The molecule has 0 aliphatic carbocycles. The number of hydrazone groups is 1. The van der Waals surface area contributed by atoms with Gasteiger partial charge in [0.1, 0.15) is 11.5 Å². The zero-order valence-electron chi connectivity index (χ0n) is 13.0. The average molecular weight is 327 g/mol. The molecule has 124 valence electrons. The highest BCUT2D eigenvalue weighted by molar-refractivity contribution is 5.96. The molecule has 0 fully saturated rings. The second kappa shape index (κ2) is 8.33. The maximum absolute atomic E-state index is 11.9. The Morgan fingerprint density at radius 2 is 1.96 bits per heavy atom. The van der Waals surface area contributed by atoms with Gasteiger partial charge in [-0.15, -0.1) is 0 Å². The summed E-state index contributed by atoms with van der Waals surface area (Å²) in [7, 11) is 1.54. The summed E-state index contributed by atoms with van der Waals surface area (Å²) in [6.07, 6.45) is 1.39. The van der Waals surface area contributed by atoms with Crippen LogP contribution in [0.4, 0.5) is 0 Å². The van der Waals surface area contributed by atoms with Gasteiger partial charge in [-0.25, -0.2) is 5.43 Å². The number of phenolic OH excluding ortho intramolecular Hbond substituents is 1. The van der Waals surface area contributed by atoms with E-state index in [4.69, 9.17) is 4.74 Å². The number of carbonyl (C=O) groups excluding carboxylic acids is 2. The van der Waals surface area contributed by atoms with Crippen LogP contribution in [-0.4, -0.2) is 36.8 Å². The maximum Gasteiger partial charge on any atom is 0.259 e. The van der Waals surface area contributed by atoms with Gasteiger partial charge in [-0.2, -0.15) is 5.10 Å². The number of phenols is 1. The molecule has 0 aromatic heterocycles. The van der Waals surface area contributed by atoms with Crippen molar-refractivity contribution in [2.75, 3.05) is 13.7 Å². The first-order chi connectivity index (χ1) is 11.6. The van der Waals surface area contributed by atoms with E-state index < -0.39 is 5.91 Å². The first-order valence-corrected chi connectivity index (χ1v) is 7.11. The molecule has 3 N–H and O–H groups in total. The summed E-state index contributed by atoms with van der Waals surface area (Å²) in [4.78, 5) is 23.5. The van der Waals surface area contributed by atoms with Crippen molar-refractivity contribution in [2.45, 2.75) is 0 Å². The molecular weight excluding hydrogens is 310 g/mol. The Hall–Kier alpha value is -3.35. The number of amides is 2. The quantitative estimate of drug-likeness (QED) is 0.549. The minimum atomic E-state index is -0.465. The SMILES string of the molecule is COc1ccc(C(=O)NCC(=O)N/N=C/c2cccc(O)c2)cc1. The summed E-state index contributed by atoms with van der Waals surface area (Å²) in [6, 6.07) is 12.9. The normalized spacial score (nSPS) is 10.4. The van der Waals surface area contributed by atoms with Gasteiger partial charge in [0.05, 0.1) is 19.9 Å². The molecule has 2 rings (SSSR count). The summed E-state index contributed by atoms with van der Waals surface area (Å²) in [5, 5.41) is 15.5. The summed E-state index contributed by atoms with van der Waals surface area (Å²) in [5.74, 6) is -0.0827. The fraction of sp³-hybridized carbons (Fsp3) is 0.118. The number of methoxy groups -OCH3 is 1. The minimum absolute atomic E-state index is 0.108. The number of nitrogens with one attached hydrogen (secondary N) is 2. The van der Waals surface area contributed by atoms with Crippen LogP contribution in [0.1, 0.15) is 15.9 Å². The molecule has 7 nitrogen and oxygen atoms in total. The highest BCUT2D eigenvalue weighted by Gasteiger charge is 2.07. The van der Waals surface area contributed by atoms with E-state index in [0.717, 1.165) is 0 Å². The summed E-state index contributed by atoms with van der Waals surface area (Å²) in [6.45, 7) is -0.206. The van der Waals surface area contributed by atoms with Crippen LogP contribution in [0.15, 0.2) is 53.6 Å². The molecule has 0 unspecified atom stereocenters. The van der Waals surface area contributed by atoms with Crippen LogP contribution in [0.3, 0.4) is 0 Å². The third kappa shape index (κ3) is 5.13. The second-order valence-electron chi connectivity index (χ2n) is 4.80. The van der Waals surface area contributed by atoms with Crippen LogP contribution in [0.25, 0.3) is 0 Å². The van der Waals surface area contributed by atoms with Gasteiger partial charge in [-0.1, -0.05) is 12.1 Å². The van der Waals surface area contributed by atoms with Gasteiger partial charge in [0, 0.05) is 5.56 Å². The molecule has 0 bridgehead atoms. The molecule has 0 radical (unpaired) electrons. The lowest BCUT2D eigenvalue weighted by molar-refractivity contribution is -0.120. The number of hydrogen-bond acceptors (Lipinski definition) is 5. The molecule has 0 heterocycles. The van der Waals surface area contributed by atoms with Crippen molar-refractivity contribution in [3.8, 4) is 11.5 Å². The standard InChI is InChI=1S/C17H17N3O4/c1-24-15-7-5-13(6-8-15)17(23)18-11-16(22)20-19-10-12-3-2-4-14(21)9-12/h2-10,21H,11H2,1H3,(H,18,23)(H,20,22)/b19-10+. The minimum Gasteiger partial charge on any atom is -0.508 e. The van der Waals surface area contributed by atoms with Gasteiger partial charge in [0.25, 0.3) is 11.8 Å². The predicted octanol–water partition coefficient (Wildman–Crippen LogP) is 1.28. The molecule has 0 aliphatic heterocycles. The van der Waals surface area contributed by atoms with Crippen LogP contribution >= 0.6 is 0 Å². The molecular formula is C17H17N3O4. The number of hydrogen-bond donors (Lipinski definition) is 3. The molecule has 2 aromatic carbocycles. The van der Waals surface area contributed by atoms with Crippen LogP contribution in [0, 0.1) is 0 Å². The third-order valence-electron chi connectivity index (χ3n) is 3.03. The highest BCUT2D eigenvalue weighted by atomic mass is 16.5.